The number of aromatic nitrogens is 1. The van der Waals surface area contributed by atoms with Crippen LogP contribution in [0.25, 0.3) is 21.5 Å². The van der Waals surface area contributed by atoms with E-state index in [1.165, 1.54) is 22.7 Å². The third-order valence-electron chi connectivity index (χ3n) is 6.06. The van der Waals surface area contributed by atoms with Gasteiger partial charge in [0.15, 0.2) is 0 Å². The van der Waals surface area contributed by atoms with Crippen LogP contribution in [0, 0.1) is 0 Å². The summed E-state index contributed by atoms with van der Waals surface area (Å²) in [6.45, 7) is 2.06. The number of ether oxygens (including phenoxy) is 2. The molecule has 0 saturated heterocycles. The van der Waals surface area contributed by atoms with E-state index in [1.807, 2.05) is 36.4 Å². The predicted molar refractivity (Wildman–Crippen MR) is 141 cm³/mol. The van der Waals surface area contributed by atoms with Crippen LogP contribution in [0.2, 0.25) is 0 Å². The number of benzene rings is 1. The van der Waals surface area contributed by atoms with E-state index >= 15 is 0 Å². The van der Waals surface area contributed by atoms with E-state index in [0.29, 0.717) is 26.0 Å². The lowest BCUT2D eigenvalue weighted by molar-refractivity contribution is 0.0526. The third-order valence-corrected chi connectivity index (χ3v) is 8.38. The lowest BCUT2D eigenvalue weighted by Gasteiger charge is -2.12. The van der Waals surface area contributed by atoms with Crippen molar-refractivity contribution in [3.63, 3.8) is 0 Å². The van der Waals surface area contributed by atoms with Gasteiger partial charge in [0, 0.05) is 15.8 Å². The van der Waals surface area contributed by atoms with E-state index in [0.717, 1.165) is 58.5 Å². The van der Waals surface area contributed by atoms with Crippen molar-refractivity contribution in [2.75, 3.05) is 24.8 Å². The van der Waals surface area contributed by atoms with Gasteiger partial charge in [0.1, 0.15) is 20.5 Å². The van der Waals surface area contributed by atoms with E-state index < -0.39 is 5.97 Å². The van der Waals surface area contributed by atoms with E-state index in [-0.39, 0.29) is 12.5 Å². The molecule has 0 spiro atoms. The Hall–Kier alpha value is -3.43. The van der Waals surface area contributed by atoms with Gasteiger partial charge in [-0.3, -0.25) is 4.79 Å². The van der Waals surface area contributed by atoms with Crippen molar-refractivity contribution >= 4 is 55.5 Å². The maximum absolute atomic E-state index is 13.3. The lowest BCUT2D eigenvalue weighted by atomic mass is 9.95. The molecule has 7 nitrogen and oxygen atoms in total. The summed E-state index contributed by atoms with van der Waals surface area (Å²) in [6, 6.07) is 11.4. The standard InChI is InChI=1S/C26H25N3O4S2/c1-3-33-26(31)20-16-6-4-5-7-19(16)34-25(20)29-23(30)22-21(27)17-12-13-18(28-24(17)35-22)14-8-10-15(32-2)11-9-14/h8-13H,3-7,27H2,1-2H3,(H,29,30). The van der Waals surface area contributed by atoms with Crippen LogP contribution in [0.1, 0.15) is 50.2 Å². The number of esters is 1. The number of nitrogen functional groups attached to an aromatic ring is 1. The number of carbonyl (C=O) groups excluding carboxylic acids is 2. The summed E-state index contributed by atoms with van der Waals surface area (Å²) in [7, 11) is 1.63. The maximum Gasteiger partial charge on any atom is 0.341 e. The Labute approximate surface area is 210 Å². The lowest BCUT2D eigenvalue weighted by Crippen LogP contribution is -2.15. The monoisotopic (exact) mass is 507 g/mol. The average Bonchev–Trinajstić information content (AvgIpc) is 3.41. The molecule has 1 aliphatic carbocycles. The Morgan fingerprint density at radius 2 is 1.86 bits per heavy atom. The second-order valence-electron chi connectivity index (χ2n) is 8.21. The highest BCUT2D eigenvalue weighted by molar-refractivity contribution is 7.21. The zero-order valence-corrected chi connectivity index (χ0v) is 21.1. The van der Waals surface area contributed by atoms with Crippen molar-refractivity contribution in [1.82, 2.24) is 4.98 Å². The number of fused-ring (bicyclic) bond motifs is 2. The molecule has 3 aromatic heterocycles. The first kappa shape index (κ1) is 23.3. The molecule has 0 radical (unpaired) electrons. The molecule has 0 saturated carbocycles. The van der Waals surface area contributed by atoms with Crippen molar-refractivity contribution in [3.8, 4) is 17.0 Å². The van der Waals surface area contributed by atoms with Gasteiger partial charge < -0.3 is 20.5 Å². The number of nitrogens with two attached hydrogens (primary N) is 1. The summed E-state index contributed by atoms with van der Waals surface area (Å²) in [5.41, 5.74) is 9.96. The van der Waals surface area contributed by atoms with E-state index in [1.54, 1.807) is 14.0 Å². The molecule has 0 fully saturated rings. The quantitative estimate of drug-likeness (QED) is 0.314. The first-order valence-corrected chi connectivity index (χ1v) is 13.1. The van der Waals surface area contributed by atoms with Gasteiger partial charge >= 0.3 is 5.97 Å². The number of anilines is 2. The van der Waals surface area contributed by atoms with Crippen LogP contribution in [-0.4, -0.2) is 30.6 Å². The highest BCUT2D eigenvalue weighted by atomic mass is 32.1. The van der Waals surface area contributed by atoms with Gasteiger partial charge in [-0.25, -0.2) is 9.78 Å². The molecule has 4 aromatic rings. The predicted octanol–water partition coefficient (Wildman–Crippen LogP) is 5.92. The second-order valence-corrected chi connectivity index (χ2v) is 10.3. The minimum Gasteiger partial charge on any atom is -0.497 e. The number of aryl methyl sites for hydroxylation is 1. The number of amides is 1. The molecule has 1 amide bonds. The Morgan fingerprint density at radius 1 is 1.09 bits per heavy atom. The summed E-state index contributed by atoms with van der Waals surface area (Å²) in [4.78, 5) is 33.0. The molecule has 0 bridgehead atoms. The molecule has 1 aromatic carbocycles. The van der Waals surface area contributed by atoms with Gasteiger partial charge in [-0.05, 0) is 74.6 Å². The number of hydrogen-bond donors (Lipinski definition) is 2. The maximum atomic E-state index is 13.3. The van der Waals surface area contributed by atoms with Crippen molar-refractivity contribution in [3.05, 3.63) is 57.3 Å². The van der Waals surface area contributed by atoms with Crippen LogP contribution in [-0.2, 0) is 17.6 Å². The van der Waals surface area contributed by atoms with Crippen LogP contribution < -0.4 is 15.8 Å². The SMILES string of the molecule is CCOC(=O)c1c(NC(=O)c2sc3nc(-c4ccc(OC)cc4)ccc3c2N)sc2c1CCCC2. The van der Waals surface area contributed by atoms with Crippen LogP contribution in [0.15, 0.2) is 36.4 Å². The van der Waals surface area contributed by atoms with Gasteiger partial charge in [-0.1, -0.05) is 0 Å². The number of nitrogens with one attached hydrogen (secondary N) is 1. The zero-order chi connectivity index (χ0) is 24.5. The van der Waals surface area contributed by atoms with Gasteiger partial charge in [0.2, 0.25) is 0 Å². The number of thiophene rings is 2. The minimum absolute atomic E-state index is 0.280. The zero-order valence-electron chi connectivity index (χ0n) is 19.5. The van der Waals surface area contributed by atoms with Crippen LogP contribution >= 0.6 is 22.7 Å². The third kappa shape index (κ3) is 4.37. The van der Waals surface area contributed by atoms with Crippen molar-refractivity contribution in [2.45, 2.75) is 32.6 Å². The summed E-state index contributed by atoms with van der Waals surface area (Å²) < 4.78 is 10.5. The fourth-order valence-electron chi connectivity index (χ4n) is 4.32. The van der Waals surface area contributed by atoms with Gasteiger partial charge in [-0.2, -0.15) is 0 Å². The molecule has 35 heavy (non-hydrogen) atoms. The first-order chi connectivity index (χ1) is 17.0. The van der Waals surface area contributed by atoms with Crippen molar-refractivity contribution in [2.24, 2.45) is 0 Å². The Balaban J connectivity index is 1.47. The number of pyridine rings is 1. The molecule has 180 valence electrons. The van der Waals surface area contributed by atoms with Crippen LogP contribution in [0.5, 0.6) is 5.75 Å². The molecule has 0 atom stereocenters. The van der Waals surface area contributed by atoms with E-state index in [4.69, 9.17) is 20.2 Å². The minimum atomic E-state index is -0.391. The number of carbonyl (C=O) groups is 2. The van der Waals surface area contributed by atoms with Gasteiger partial charge in [-0.15, -0.1) is 22.7 Å². The molecule has 3 N–H and O–H groups in total. The summed E-state index contributed by atoms with van der Waals surface area (Å²) in [5, 5.41) is 4.21. The van der Waals surface area contributed by atoms with Crippen LogP contribution in [0.3, 0.4) is 0 Å². The van der Waals surface area contributed by atoms with Gasteiger partial charge in [0.25, 0.3) is 5.91 Å². The number of nitrogens with zero attached hydrogens (tertiary/aromatic N) is 1. The molecular formula is C26H25N3O4S2. The Bertz CT molecular complexity index is 1420. The fraction of sp³-hybridized carbons (Fsp3) is 0.269. The molecule has 0 aliphatic heterocycles. The highest BCUT2D eigenvalue weighted by Crippen LogP contribution is 2.40. The number of hydrogen-bond acceptors (Lipinski definition) is 8. The summed E-state index contributed by atoms with van der Waals surface area (Å²) in [5.74, 6) is 0.0320. The molecule has 9 heteroatoms. The summed E-state index contributed by atoms with van der Waals surface area (Å²) >= 11 is 2.70. The van der Waals surface area contributed by atoms with Crippen molar-refractivity contribution in [1.29, 1.82) is 0 Å². The Kier molecular flexibility index (Phi) is 6.44. The molecule has 3 heterocycles. The average molecular weight is 508 g/mol. The molecular weight excluding hydrogens is 482 g/mol. The normalized spacial score (nSPS) is 12.9. The number of rotatable bonds is 6. The van der Waals surface area contributed by atoms with Crippen molar-refractivity contribution < 1.29 is 19.1 Å². The summed E-state index contributed by atoms with van der Waals surface area (Å²) in [6.07, 6.45) is 3.83. The number of methoxy groups -OCH3 is 1. The first-order valence-electron chi connectivity index (χ1n) is 11.5. The Morgan fingerprint density at radius 3 is 2.60 bits per heavy atom. The smallest absolute Gasteiger partial charge is 0.341 e. The van der Waals surface area contributed by atoms with E-state index in [9.17, 15) is 9.59 Å². The largest absolute Gasteiger partial charge is 0.497 e. The highest BCUT2D eigenvalue weighted by Gasteiger charge is 2.28. The molecule has 1 aliphatic rings. The second kappa shape index (κ2) is 9.67. The molecule has 5 rings (SSSR count). The topological polar surface area (TPSA) is 104 Å². The van der Waals surface area contributed by atoms with Crippen LogP contribution in [0.4, 0.5) is 10.7 Å². The molecule has 0 unspecified atom stereocenters. The fourth-order valence-corrected chi connectivity index (χ4v) is 6.58. The van der Waals surface area contributed by atoms with E-state index in [2.05, 4.69) is 5.32 Å². The van der Waals surface area contributed by atoms with Gasteiger partial charge in [0.05, 0.1) is 30.7 Å².